The zero-order chi connectivity index (χ0) is 27.4. The molecular formula is C22H13B5ClF2N3O4. The highest BCUT2D eigenvalue weighted by Crippen LogP contribution is 2.43. The number of nitrogens with zero attached hydrogens (tertiary/aromatic N) is 2. The summed E-state index contributed by atoms with van der Waals surface area (Å²) >= 11 is 5.71. The van der Waals surface area contributed by atoms with Gasteiger partial charge in [0.15, 0.2) is 0 Å². The Morgan fingerprint density at radius 3 is 2.38 bits per heavy atom. The van der Waals surface area contributed by atoms with Crippen LogP contribution in [0.5, 0.6) is 0 Å². The third kappa shape index (κ3) is 4.29. The molecule has 2 aliphatic heterocycles. The summed E-state index contributed by atoms with van der Waals surface area (Å²) in [5.74, 6) is -12.6. The summed E-state index contributed by atoms with van der Waals surface area (Å²) in [5, 5.41) is 2.27. The van der Waals surface area contributed by atoms with Crippen LogP contribution < -0.4 is 5.32 Å². The average Bonchev–Trinajstić information content (AvgIpc) is 3.21. The van der Waals surface area contributed by atoms with Crippen LogP contribution in [0.3, 0.4) is 0 Å². The number of alkyl halides is 2. The van der Waals surface area contributed by atoms with Gasteiger partial charge in [-0.05, 0) is 35.1 Å². The highest BCUT2D eigenvalue weighted by molar-refractivity contribution is 6.47. The Kier molecular flexibility index (Phi) is 6.86. The molecule has 10 radical (unpaired) electrons. The zero-order valence-electron chi connectivity index (χ0n) is 19.0. The number of hydrogen-bond donors (Lipinski definition) is 1. The van der Waals surface area contributed by atoms with E-state index in [-0.39, 0.29) is 27.5 Å². The van der Waals surface area contributed by atoms with Crippen LogP contribution >= 0.6 is 11.6 Å². The van der Waals surface area contributed by atoms with Crippen LogP contribution in [0.4, 0.5) is 8.78 Å². The number of carbonyl (C=O) groups is 4. The molecule has 4 atom stereocenters. The van der Waals surface area contributed by atoms with Crippen LogP contribution in [0.25, 0.3) is 0 Å². The van der Waals surface area contributed by atoms with Crippen molar-refractivity contribution in [2.24, 2.45) is 0 Å². The van der Waals surface area contributed by atoms with Crippen LogP contribution in [0.15, 0.2) is 42.5 Å². The lowest BCUT2D eigenvalue weighted by Crippen LogP contribution is -2.68. The second-order valence-electron chi connectivity index (χ2n) is 8.73. The van der Waals surface area contributed by atoms with Gasteiger partial charge in [0.2, 0.25) is 19.8 Å². The lowest BCUT2D eigenvalue weighted by atomic mass is 9.48. The van der Waals surface area contributed by atoms with E-state index < -0.39 is 58.1 Å². The molecule has 0 aliphatic carbocycles. The summed E-state index contributed by atoms with van der Waals surface area (Å²) in [6, 6.07) is 8.57. The van der Waals surface area contributed by atoms with E-state index in [4.69, 9.17) is 51.0 Å². The SMILES string of the molecule is [B]C(NC(=O)C(F)(F)c1ccc(Cl)cc1)c1ccc2c(c1)CN([C@@]1([B])C(=O)N([B])C(=O)C([B])C1[B])C2=O. The van der Waals surface area contributed by atoms with Gasteiger partial charge in [-0.25, -0.2) is 0 Å². The quantitative estimate of drug-likeness (QED) is 0.471. The number of hydrogen-bond acceptors (Lipinski definition) is 4. The van der Waals surface area contributed by atoms with Gasteiger partial charge in [0, 0.05) is 28.6 Å². The molecule has 0 bridgehead atoms. The molecule has 2 aromatic carbocycles. The van der Waals surface area contributed by atoms with E-state index in [1.807, 2.05) is 5.32 Å². The van der Waals surface area contributed by atoms with Crippen LogP contribution in [0.2, 0.25) is 16.7 Å². The molecule has 15 heteroatoms. The van der Waals surface area contributed by atoms with Crippen LogP contribution in [0, 0.1) is 0 Å². The Labute approximate surface area is 222 Å². The zero-order valence-corrected chi connectivity index (χ0v) is 19.8. The maximum absolute atomic E-state index is 14.6. The van der Waals surface area contributed by atoms with Crippen molar-refractivity contribution in [3.05, 3.63) is 69.7 Å². The Morgan fingerprint density at radius 2 is 1.76 bits per heavy atom. The number of carbonyl (C=O) groups excluding carboxylic acids is 4. The van der Waals surface area contributed by atoms with E-state index in [1.54, 1.807) is 0 Å². The van der Waals surface area contributed by atoms with E-state index in [1.165, 1.54) is 30.3 Å². The molecular weight excluding hydrogens is 498 g/mol. The molecule has 37 heavy (non-hydrogen) atoms. The van der Waals surface area contributed by atoms with E-state index >= 15 is 0 Å². The number of benzene rings is 2. The summed E-state index contributed by atoms with van der Waals surface area (Å²) in [5.41, 5.74) is -2.20. The van der Waals surface area contributed by atoms with Crippen molar-refractivity contribution in [2.45, 2.75) is 35.5 Å². The average molecular weight is 511 g/mol. The Bertz CT molecular complexity index is 1320. The van der Waals surface area contributed by atoms with Crippen LogP contribution in [0.1, 0.15) is 33.0 Å². The van der Waals surface area contributed by atoms with Gasteiger partial charge >= 0.3 is 5.92 Å². The van der Waals surface area contributed by atoms with Crippen molar-refractivity contribution < 1.29 is 28.0 Å². The maximum Gasteiger partial charge on any atom is 0.349 e. The number of piperidine rings is 1. The van der Waals surface area contributed by atoms with Gasteiger partial charge in [-0.15, -0.1) is 0 Å². The Balaban J connectivity index is 1.56. The number of halogens is 3. The van der Waals surface area contributed by atoms with Gasteiger partial charge < -0.3 is 15.0 Å². The molecule has 0 saturated carbocycles. The lowest BCUT2D eigenvalue weighted by Gasteiger charge is -2.51. The molecule has 3 unspecified atom stereocenters. The number of fused-ring (bicyclic) bond motifs is 1. The van der Waals surface area contributed by atoms with Crippen molar-refractivity contribution in [2.75, 3.05) is 0 Å². The van der Waals surface area contributed by atoms with E-state index in [9.17, 15) is 28.0 Å². The second kappa shape index (κ2) is 9.38. The highest BCUT2D eigenvalue weighted by atomic mass is 35.5. The van der Waals surface area contributed by atoms with Gasteiger partial charge in [0.1, 0.15) is 15.7 Å². The van der Waals surface area contributed by atoms with E-state index in [0.717, 1.165) is 17.0 Å². The van der Waals surface area contributed by atoms with Crippen molar-refractivity contribution in [1.29, 1.82) is 0 Å². The first-order chi connectivity index (χ1) is 17.2. The molecule has 2 heterocycles. The first kappa shape index (κ1) is 27.0. The number of nitrogens with one attached hydrogen (secondary N) is 1. The summed E-state index contributed by atoms with van der Waals surface area (Å²) in [6.07, 6.45) is 0. The van der Waals surface area contributed by atoms with Crippen molar-refractivity contribution in [3.63, 3.8) is 0 Å². The first-order valence-corrected chi connectivity index (χ1v) is 11.2. The molecule has 0 aromatic heterocycles. The Hall–Kier alpha value is -3.01. The molecule has 1 N–H and O–H groups in total. The topological polar surface area (TPSA) is 86.8 Å². The minimum Gasteiger partial charge on any atom is -0.352 e. The molecule has 2 aromatic rings. The number of rotatable bonds is 5. The Morgan fingerprint density at radius 1 is 1.14 bits per heavy atom. The predicted octanol–water partition coefficient (Wildman–Crippen LogP) is 0.602. The maximum atomic E-state index is 14.6. The molecule has 0 spiro atoms. The second-order valence-corrected chi connectivity index (χ2v) is 9.17. The van der Waals surface area contributed by atoms with Gasteiger partial charge in [-0.3, -0.25) is 19.2 Å². The smallest absolute Gasteiger partial charge is 0.349 e. The van der Waals surface area contributed by atoms with Gasteiger partial charge in [0.05, 0.1) is 21.1 Å². The minimum absolute atomic E-state index is 0.118. The molecule has 7 nitrogen and oxygen atoms in total. The standard InChI is InChI=1S/C22H13B5ClF2N3O4/c23-14-15(24)21(26,20(37)33(27)18(14)35)32-8-10-7-9(1-6-13(10)17(32)34)16(25)31-19(36)22(29,30)11-2-4-12(28)5-3-11/h1-7,14-16H,8H2,(H,31,36)/t14?,15?,16?,21-/m1/s1. The largest absolute Gasteiger partial charge is 0.352 e. The summed E-state index contributed by atoms with van der Waals surface area (Å²) < 4.78 is 29.2. The van der Waals surface area contributed by atoms with Gasteiger partial charge in [-0.1, -0.05) is 41.7 Å². The fraction of sp³-hybridized carbons (Fsp3) is 0.273. The third-order valence-corrected chi connectivity index (χ3v) is 6.75. The fourth-order valence-corrected chi connectivity index (χ4v) is 4.38. The number of imide groups is 1. The van der Waals surface area contributed by atoms with Crippen molar-refractivity contribution in [1.82, 2.24) is 15.0 Å². The van der Waals surface area contributed by atoms with Crippen LogP contribution in [-0.4, -0.2) is 78.1 Å². The monoisotopic (exact) mass is 511 g/mol. The molecule has 1 fully saturated rings. The molecule has 4 rings (SSSR count). The predicted molar refractivity (Wildman–Crippen MR) is 133 cm³/mol. The normalized spacial score (nSPS) is 24.7. The van der Waals surface area contributed by atoms with Gasteiger partial charge in [-0.2, -0.15) is 8.78 Å². The first-order valence-electron chi connectivity index (χ1n) is 10.8. The minimum atomic E-state index is -3.90. The number of amides is 4. The van der Waals surface area contributed by atoms with E-state index in [0.29, 0.717) is 5.56 Å². The summed E-state index contributed by atoms with van der Waals surface area (Å²) in [4.78, 5) is 51.4. The lowest BCUT2D eigenvalue weighted by molar-refractivity contribution is -0.148. The fourth-order valence-electron chi connectivity index (χ4n) is 4.26. The van der Waals surface area contributed by atoms with Crippen LogP contribution in [-0.2, 0) is 26.9 Å². The van der Waals surface area contributed by atoms with E-state index in [2.05, 4.69) is 0 Å². The third-order valence-electron chi connectivity index (χ3n) is 6.50. The summed E-state index contributed by atoms with van der Waals surface area (Å²) in [7, 11) is 29.5. The molecule has 2 aliphatic rings. The van der Waals surface area contributed by atoms with Crippen molar-refractivity contribution >= 4 is 74.6 Å². The van der Waals surface area contributed by atoms with Crippen molar-refractivity contribution in [3.8, 4) is 0 Å². The molecule has 4 amide bonds. The van der Waals surface area contributed by atoms with Gasteiger partial charge in [0.25, 0.3) is 11.8 Å². The molecule has 176 valence electrons. The summed E-state index contributed by atoms with van der Waals surface area (Å²) in [6.45, 7) is -0.256. The highest BCUT2D eigenvalue weighted by Gasteiger charge is 2.55. The molecule has 1 saturated heterocycles.